The summed E-state index contributed by atoms with van der Waals surface area (Å²) >= 11 is 0. The summed E-state index contributed by atoms with van der Waals surface area (Å²) in [5.41, 5.74) is 9.38. The Kier molecular flexibility index (Phi) is 12.9. The molecule has 0 spiro atoms. The van der Waals surface area contributed by atoms with Crippen LogP contribution in [0.2, 0.25) is 0 Å². The number of fused-ring (bicyclic) bond motifs is 4. The number of anilines is 6. The maximum absolute atomic E-state index is 14.1. The number of carbonyl (C=O) groups is 5. The van der Waals surface area contributed by atoms with Gasteiger partial charge in [-0.05, 0) is 117 Å². The zero-order valence-electron chi connectivity index (χ0n) is 43.2. The van der Waals surface area contributed by atoms with Crippen LogP contribution in [0, 0.1) is 5.41 Å². The molecule has 5 aliphatic heterocycles. The highest BCUT2D eigenvalue weighted by atomic mass is 16.5. The summed E-state index contributed by atoms with van der Waals surface area (Å²) in [5, 5.41) is 19.7. The van der Waals surface area contributed by atoms with Crippen LogP contribution in [0.25, 0.3) is 11.3 Å². The summed E-state index contributed by atoms with van der Waals surface area (Å²) in [5.74, 6) is -0.463. The molecule has 390 valence electrons. The molecule has 3 saturated heterocycles. The van der Waals surface area contributed by atoms with Crippen molar-refractivity contribution >= 4 is 63.9 Å². The average molecular weight is 1020 g/mol. The van der Waals surface area contributed by atoms with Crippen LogP contribution < -0.4 is 35.4 Å². The summed E-state index contributed by atoms with van der Waals surface area (Å²) in [4.78, 5) is 89.6. The normalized spacial score (nSPS) is 22.4. The molecule has 11 rings (SSSR count). The lowest BCUT2D eigenvalue weighted by Crippen LogP contribution is -2.58. The zero-order valence-corrected chi connectivity index (χ0v) is 43.2. The molecule has 3 aromatic heterocycles. The number of ether oxygens (including phenoxy) is 1. The van der Waals surface area contributed by atoms with E-state index in [4.69, 9.17) is 9.72 Å². The van der Waals surface area contributed by atoms with Crippen LogP contribution in [0.4, 0.5) is 34.4 Å². The number of aliphatic hydroxyl groups excluding tert-OH is 1. The number of carbonyl (C=O) groups excluding carboxylic acids is 5. The minimum Gasteiger partial charge on any atom is -0.478 e. The largest absolute Gasteiger partial charge is 0.478 e. The molecule has 4 N–H and O–H groups in total. The van der Waals surface area contributed by atoms with E-state index in [1.807, 2.05) is 36.4 Å². The lowest BCUT2D eigenvalue weighted by Gasteiger charge is -2.48. The number of aliphatic hydroxyl groups is 1. The lowest BCUT2D eigenvalue weighted by atomic mass is 9.90. The first kappa shape index (κ1) is 49.6. The molecule has 4 atom stereocenters. The zero-order chi connectivity index (χ0) is 52.4. The van der Waals surface area contributed by atoms with Crippen molar-refractivity contribution in [1.82, 2.24) is 34.6 Å². The highest BCUT2D eigenvalue weighted by Crippen LogP contribution is 2.42. The van der Waals surface area contributed by atoms with Gasteiger partial charge in [-0.2, -0.15) is 0 Å². The number of hydrogen-bond acceptors (Lipinski definition) is 14. The van der Waals surface area contributed by atoms with Crippen LogP contribution in [0.15, 0.2) is 73.6 Å². The van der Waals surface area contributed by atoms with E-state index in [9.17, 15) is 29.1 Å². The van der Waals surface area contributed by atoms with Crippen molar-refractivity contribution in [3.8, 4) is 17.1 Å². The molecule has 0 radical (unpaired) electrons. The number of pyridine rings is 1. The van der Waals surface area contributed by atoms with Crippen molar-refractivity contribution in [3.63, 3.8) is 0 Å². The fourth-order valence-corrected chi connectivity index (χ4v) is 12.5. The fourth-order valence-electron chi connectivity index (χ4n) is 12.5. The molecular weight excluding hydrogens is 953 g/mol. The Balaban J connectivity index is 0.769. The van der Waals surface area contributed by atoms with Crippen molar-refractivity contribution in [1.29, 1.82) is 0 Å². The third-order valence-corrected chi connectivity index (χ3v) is 16.2. The van der Waals surface area contributed by atoms with E-state index in [0.717, 1.165) is 68.8 Å². The number of piperazine rings is 1. The van der Waals surface area contributed by atoms with Crippen LogP contribution in [0.1, 0.15) is 96.6 Å². The number of amides is 5. The van der Waals surface area contributed by atoms with Gasteiger partial charge in [0.05, 0.1) is 37.0 Å². The maximum Gasteiger partial charge on any atom is 0.276 e. The van der Waals surface area contributed by atoms with Crippen LogP contribution in [0.3, 0.4) is 0 Å². The van der Waals surface area contributed by atoms with Crippen LogP contribution in [-0.2, 0) is 46.9 Å². The van der Waals surface area contributed by atoms with Gasteiger partial charge in [-0.15, -0.1) is 0 Å². The van der Waals surface area contributed by atoms with Gasteiger partial charge in [0.2, 0.25) is 17.7 Å². The Morgan fingerprint density at radius 2 is 1.75 bits per heavy atom. The molecule has 5 amide bonds. The molecule has 2 unspecified atom stereocenters. The van der Waals surface area contributed by atoms with Gasteiger partial charge >= 0.3 is 0 Å². The van der Waals surface area contributed by atoms with E-state index >= 15 is 0 Å². The smallest absolute Gasteiger partial charge is 0.276 e. The number of imide groups is 1. The third-order valence-electron chi connectivity index (χ3n) is 16.2. The number of benzene rings is 2. The Morgan fingerprint density at radius 1 is 0.907 bits per heavy atom. The number of nitrogens with zero attached hydrogens (tertiary/aromatic N) is 9. The fraction of sp³-hybridized carbons (Fsp3) is 0.429. The Bertz CT molecular complexity index is 3170. The van der Waals surface area contributed by atoms with E-state index in [-0.39, 0.29) is 60.0 Å². The highest BCUT2D eigenvalue weighted by Gasteiger charge is 2.41. The molecular formula is C56H64N12O7. The van der Waals surface area contributed by atoms with Gasteiger partial charge in [0, 0.05) is 110 Å². The molecule has 0 saturated carbocycles. The number of rotatable bonds is 12. The number of methoxy groups -OCH3 is 1. The van der Waals surface area contributed by atoms with Crippen LogP contribution in [0.5, 0.6) is 5.88 Å². The minimum absolute atomic E-state index is 0.111. The van der Waals surface area contributed by atoms with Gasteiger partial charge in [0.15, 0.2) is 5.82 Å². The number of nitrogens with one attached hydrogen (secondary N) is 3. The Morgan fingerprint density at radius 3 is 2.51 bits per heavy atom. The van der Waals surface area contributed by atoms with Crippen molar-refractivity contribution in [2.24, 2.45) is 5.41 Å². The van der Waals surface area contributed by atoms with Crippen LogP contribution in [-0.4, -0.2) is 128 Å². The summed E-state index contributed by atoms with van der Waals surface area (Å²) in [6.45, 7) is 16.9. The summed E-state index contributed by atoms with van der Waals surface area (Å²) in [7, 11) is 1.51. The Hall–Kier alpha value is -7.64. The molecule has 6 aliphatic rings. The van der Waals surface area contributed by atoms with Gasteiger partial charge in [-0.1, -0.05) is 20.4 Å². The topological polar surface area (TPSA) is 211 Å². The van der Waals surface area contributed by atoms with Gasteiger partial charge in [-0.25, -0.2) is 15.0 Å². The summed E-state index contributed by atoms with van der Waals surface area (Å²) in [6, 6.07) is 15.6. The summed E-state index contributed by atoms with van der Waals surface area (Å²) in [6.07, 6.45) is 8.79. The first-order chi connectivity index (χ1) is 36.1. The molecule has 1 aliphatic carbocycles. The van der Waals surface area contributed by atoms with Crippen LogP contribution >= 0.6 is 0 Å². The van der Waals surface area contributed by atoms with E-state index in [0.29, 0.717) is 83.2 Å². The van der Waals surface area contributed by atoms with E-state index < -0.39 is 11.9 Å². The maximum atomic E-state index is 14.1. The predicted molar refractivity (Wildman–Crippen MR) is 284 cm³/mol. The number of aromatic nitrogens is 4. The monoisotopic (exact) mass is 1020 g/mol. The molecule has 2 aromatic carbocycles. The van der Waals surface area contributed by atoms with Crippen molar-refractivity contribution in [2.45, 2.75) is 110 Å². The molecule has 19 nitrogen and oxygen atoms in total. The average Bonchev–Trinajstić information content (AvgIpc) is 4.02. The highest BCUT2D eigenvalue weighted by molar-refractivity contribution is 6.07. The van der Waals surface area contributed by atoms with Crippen molar-refractivity contribution < 1.29 is 33.8 Å². The molecule has 19 heteroatoms. The van der Waals surface area contributed by atoms with E-state index in [2.05, 4.69) is 85.5 Å². The third kappa shape index (κ3) is 9.15. The first-order valence-corrected chi connectivity index (χ1v) is 26.0. The second kappa shape index (κ2) is 19.6. The van der Waals surface area contributed by atoms with Gasteiger partial charge in [0.1, 0.15) is 17.6 Å². The van der Waals surface area contributed by atoms with Gasteiger partial charge in [-0.3, -0.25) is 39.1 Å². The van der Waals surface area contributed by atoms with E-state index in [1.165, 1.54) is 24.4 Å². The number of piperidine rings is 2. The predicted octanol–water partition coefficient (Wildman–Crippen LogP) is 5.82. The first-order valence-electron chi connectivity index (χ1n) is 26.0. The van der Waals surface area contributed by atoms with Crippen molar-refractivity contribution in [2.75, 3.05) is 65.2 Å². The molecule has 5 aromatic rings. The summed E-state index contributed by atoms with van der Waals surface area (Å²) < 4.78 is 7.83. The van der Waals surface area contributed by atoms with Gasteiger partial charge in [0.25, 0.3) is 17.7 Å². The standard InChI is InChI=1S/C56H64N12O7/c1-7-48(70)60-42-25-36(59-50-53(75-6)58-28-43(61-50)40-14-16-57-51(41(40)31-69)67-21-20-66-46(55(67)74)24-34-26-56(4,5)27-47(34)66)8-11-44(42)65-19-18-63(29-33(65)3)37-15-17-64(32(2)22-37)38-9-10-39-35(23-38)30-68(54(39)73)45-12-13-49(71)62-52(45)72/h7-11,14,16,23-25,28,32-33,37,45,69H,1,12-13,15,17-22,26-27,29-31H2,2-6H3,(H,59,61)(H,60,70)(H,62,71,72)/t32-,33+,37?,45?/m1/s1. The SMILES string of the molecule is C=CC(=O)Nc1cc(Nc2nc(-c3ccnc(N4CCn5c(cc6c5CC(C)(C)C6)C4=O)c3CO)cnc2OC)ccc1N1CCN(C2CCN(c3ccc4c(c3)CN(C3CCC(=O)NC3=O)C4=O)[C@H](C)C2)C[C@@H]1C. The van der Waals surface area contributed by atoms with E-state index in [1.54, 1.807) is 28.3 Å². The molecule has 0 bridgehead atoms. The second-order valence-electron chi connectivity index (χ2n) is 21.6. The quantitative estimate of drug-likeness (QED) is 0.0858. The molecule has 75 heavy (non-hydrogen) atoms. The number of hydrogen-bond donors (Lipinski definition) is 4. The Labute approximate surface area is 435 Å². The molecule has 8 heterocycles. The van der Waals surface area contributed by atoms with Crippen molar-refractivity contribution in [3.05, 3.63) is 107 Å². The lowest BCUT2D eigenvalue weighted by molar-refractivity contribution is -0.137. The second-order valence-corrected chi connectivity index (χ2v) is 21.6. The molecule has 3 fully saturated rings. The minimum atomic E-state index is -0.645. The van der Waals surface area contributed by atoms with Gasteiger partial charge < -0.3 is 39.7 Å².